The first-order chi connectivity index (χ1) is 10.2. The number of benzene rings is 2. The van der Waals surface area contributed by atoms with Crippen molar-refractivity contribution < 1.29 is 9.18 Å². The summed E-state index contributed by atoms with van der Waals surface area (Å²) in [5.74, 6) is 0.0837. The highest BCUT2D eigenvalue weighted by molar-refractivity contribution is 8.00. The van der Waals surface area contributed by atoms with E-state index < -0.39 is 0 Å². The van der Waals surface area contributed by atoms with Crippen molar-refractivity contribution in [2.75, 3.05) is 12.3 Å². The van der Waals surface area contributed by atoms with Gasteiger partial charge >= 0.3 is 0 Å². The van der Waals surface area contributed by atoms with Crippen LogP contribution in [-0.4, -0.2) is 23.1 Å². The Bertz CT molecular complexity index is 659. The summed E-state index contributed by atoms with van der Waals surface area (Å²) in [6.07, 6.45) is 0.895. The molecule has 0 atom stereocenters. The van der Waals surface area contributed by atoms with Gasteiger partial charge in [-0.2, -0.15) is 0 Å². The molecule has 2 aromatic carbocycles. The van der Waals surface area contributed by atoms with Crippen LogP contribution in [0.5, 0.6) is 0 Å². The average Bonchev–Trinajstić information content (AvgIpc) is 2.53. The SMILES string of the molecule is O=C(CSc1ccccc1F)N1CCc2ccccc2C1. The first-order valence-electron chi connectivity index (χ1n) is 6.96. The van der Waals surface area contributed by atoms with Crippen LogP contribution >= 0.6 is 11.8 Å². The maximum atomic E-state index is 13.5. The molecule has 1 heterocycles. The van der Waals surface area contributed by atoms with Gasteiger partial charge in [0.05, 0.1) is 5.75 Å². The van der Waals surface area contributed by atoms with E-state index in [9.17, 15) is 9.18 Å². The van der Waals surface area contributed by atoms with Gasteiger partial charge in [-0.05, 0) is 29.7 Å². The lowest BCUT2D eigenvalue weighted by Gasteiger charge is -2.28. The Labute approximate surface area is 128 Å². The molecule has 0 spiro atoms. The fourth-order valence-corrected chi connectivity index (χ4v) is 3.34. The average molecular weight is 301 g/mol. The second kappa shape index (κ2) is 6.31. The van der Waals surface area contributed by atoms with E-state index in [0.29, 0.717) is 11.4 Å². The molecule has 1 aliphatic heterocycles. The molecule has 3 rings (SSSR count). The van der Waals surface area contributed by atoms with Crippen LogP contribution in [0.4, 0.5) is 4.39 Å². The Balaban J connectivity index is 1.61. The van der Waals surface area contributed by atoms with E-state index in [1.54, 1.807) is 18.2 Å². The zero-order valence-electron chi connectivity index (χ0n) is 11.6. The van der Waals surface area contributed by atoms with E-state index in [4.69, 9.17) is 0 Å². The van der Waals surface area contributed by atoms with Crippen molar-refractivity contribution >= 4 is 17.7 Å². The zero-order chi connectivity index (χ0) is 14.7. The van der Waals surface area contributed by atoms with E-state index >= 15 is 0 Å². The summed E-state index contributed by atoms with van der Waals surface area (Å²) < 4.78 is 13.5. The summed E-state index contributed by atoms with van der Waals surface area (Å²) in [6.45, 7) is 1.40. The smallest absolute Gasteiger partial charge is 0.233 e. The van der Waals surface area contributed by atoms with Gasteiger partial charge in [0, 0.05) is 18.0 Å². The second-order valence-corrected chi connectivity index (χ2v) is 6.07. The number of hydrogen-bond donors (Lipinski definition) is 0. The lowest BCUT2D eigenvalue weighted by atomic mass is 10.00. The number of hydrogen-bond acceptors (Lipinski definition) is 2. The molecule has 0 aliphatic carbocycles. The minimum Gasteiger partial charge on any atom is -0.337 e. The van der Waals surface area contributed by atoms with Crippen LogP contribution in [0.1, 0.15) is 11.1 Å². The van der Waals surface area contributed by atoms with Gasteiger partial charge in [-0.1, -0.05) is 36.4 Å². The summed E-state index contributed by atoms with van der Waals surface area (Å²) in [5, 5.41) is 0. The van der Waals surface area contributed by atoms with Gasteiger partial charge < -0.3 is 4.90 Å². The Morgan fingerprint density at radius 2 is 1.81 bits per heavy atom. The molecule has 2 aromatic rings. The molecule has 4 heteroatoms. The molecule has 0 saturated heterocycles. The first-order valence-corrected chi connectivity index (χ1v) is 7.94. The third kappa shape index (κ3) is 3.27. The molecule has 0 aromatic heterocycles. The maximum Gasteiger partial charge on any atom is 0.233 e. The highest BCUT2D eigenvalue weighted by atomic mass is 32.2. The maximum absolute atomic E-state index is 13.5. The Morgan fingerprint density at radius 1 is 1.10 bits per heavy atom. The largest absolute Gasteiger partial charge is 0.337 e. The predicted octanol–water partition coefficient (Wildman–Crippen LogP) is 3.50. The molecule has 1 amide bonds. The zero-order valence-corrected chi connectivity index (χ0v) is 12.4. The summed E-state index contributed by atoms with van der Waals surface area (Å²) in [7, 11) is 0. The number of carbonyl (C=O) groups excluding carboxylic acids is 1. The van der Waals surface area contributed by atoms with Gasteiger partial charge in [0.1, 0.15) is 5.82 Å². The van der Waals surface area contributed by atoms with Gasteiger partial charge in [0.15, 0.2) is 0 Å². The van der Waals surface area contributed by atoms with Gasteiger partial charge in [0.2, 0.25) is 5.91 Å². The molecular formula is C17H16FNOS. The highest BCUT2D eigenvalue weighted by Gasteiger charge is 2.20. The molecule has 21 heavy (non-hydrogen) atoms. The number of rotatable bonds is 3. The summed E-state index contributed by atoms with van der Waals surface area (Å²) >= 11 is 1.26. The number of nitrogens with zero attached hydrogens (tertiary/aromatic N) is 1. The lowest BCUT2D eigenvalue weighted by molar-refractivity contribution is -0.129. The van der Waals surface area contributed by atoms with Crippen molar-refractivity contribution in [3.8, 4) is 0 Å². The normalized spacial score (nSPS) is 13.9. The minimum absolute atomic E-state index is 0.0674. The second-order valence-electron chi connectivity index (χ2n) is 5.05. The van der Waals surface area contributed by atoms with Crippen molar-refractivity contribution in [2.45, 2.75) is 17.9 Å². The van der Waals surface area contributed by atoms with Crippen LogP contribution in [0.25, 0.3) is 0 Å². The van der Waals surface area contributed by atoms with E-state index in [2.05, 4.69) is 12.1 Å². The van der Waals surface area contributed by atoms with E-state index in [0.717, 1.165) is 13.0 Å². The molecule has 0 unspecified atom stereocenters. The number of carbonyl (C=O) groups is 1. The Kier molecular flexibility index (Phi) is 4.25. The van der Waals surface area contributed by atoms with E-state index in [1.165, 1.54) is 29.0 Å². The summed E-state index contributed by atoms with van der Waals surface area (Å²) in [6, 6.07) is 14.8. The molecule has 108 valence electrons. The van der Waals surface area contributed by atoms with Crippen molar-refractivity contribution in [2.24, 2.45) is 0 Å². The fraction of sp³-hybridized carbons (Fsp3) is 0.235. The standard InChI is InChI=1S/C17H16FNOS/c18-15-7-3-4-8-16(15)21-12-17(20)19-10-9-13-5-1-2-6-14(13)11-19/h1-8H,9-12H2. The quantitative estimate of drug-likeness (QED) is 0.809. The van der Waals surface area contributed by atoms with E-state index in [1.807, 2.05) is 17.0 Å². The van der Waals surface area contributed by atoms with Crippen LogP contribution in [0, 0.1) is 5.82 Å². The number of fused-ring (bicyclic) bond motifs is 1. The predicted molar refractivity (Wildman–Crippen MR) is 82.7 cm³/mol. The summed E-state index contributed by atoms with van der Waals surface area (Å²) in [4.78, 5) is 14.7. The molecule has 0 bridgehead atoms. The number of halogens is 1. The van der Waals surface area contributed by atoms with Crippen molar-refractivity contribution in [1.29, 1.82) is 0 Å². The molecule has 0 fully saturated rings. The molecule has 2 nitrogen and oxygen atoms in total. The highest BCUT2D eigenvalue weighted by Crippen LogP contribution is 2.23. The third-order valence-electron chi connectivity index (χ3n) is 3.67. The van der Waals surface area contributed by atoms with Gasteiger partial charge in [0.25, 0.3) is 0 Å². The minimum atomic E-state index is -0.265. The van der Waals surface area contributed by atoms with Crippen molar-refractivity contribution in [3.63, 3.8) is 0 Å². The molecular weight excluding hydrogens is 285 g/mol. The van der Waals surface area contributed by atoms with Crippen LogP contribution < -0.4 is 0 Å². The van der Waals surface area contributed by atoms with Crippen molar-refractivity contribution in [3.05, 3.63) is 65.5 Å². The Morgan fingerprint density at radius 3 is 2.62 bits per heavy atom. The lowest BCUT2D eigenvalue weighted by Crippen LogP contribution is -2.37. The topological polar surface area (TPSA) is 20.3 Å². The molecule has 0 N–H and O–H groups in total. The fourth-order valence-electron chi connectivity index (χ4n) is 2.50. The van der Waals surface area contributed by atoms with Gasteiger partial charge in [-0.15, -0.1) is 11.8 Å². The van der Waals surface area contributed by atoms with Crippen LogP contribution in [-0.2, 0) is 17.8 Å². The van der Waals surface area contributed by atoms with Gasteiger partial charge in [-0.3, -0.25) is 4.79 Å². The molecule has 0 saturated carbocycles. The summed E-state index contributed by atoms with van der Waals surface area (Å²) in [5.41, 5.74) is 2.54. The Hall–Kier alpha value is -1.81. The number of amides is 1. The third-order valence-corrected chi connectivity index (χ3v) is 4.70. The van der Waals surface area contributed by atoms with Crippen LogP contribution in [0.3, 0.4) is 0 Å². The van der Waals surface area contributed by atoms with Gasteiger partial charge in [-0.25, -0.2) is 4.39 Å². The van der Waals surface area contributed by atoms with E-state index in [-0.39, 0.29) is 17.5 Å². The molecule has 1 aliphatic rings. The number of thioether (sulfide) groups is 1. The first kappa shape index (κ1) is 14.1. The van der Waals surface area contributed by atoms with Crippen molar-refractivity contribution in [1.82, 2.24) is 4.90 Å². The molecule has 0 radical (unpaired) electrons. The monoisotopic (exact) mass is 301 g/mol. The van der Waals surface area contributed by atoms with Crippen LogP contribution in [0.2, 0.25) is 0 Å². The van der Waals surface area contributed by atoms with Crippen LogP contribution in [0.15, 0.2) is 53.4 Å².